The van der Waals surface area contributed by atoms with Crippen LogP contribution in [0.2, 0.25) is 0 Å². The second-order valence-electron chi connectivity index (χ2n) is 3.91. The van der Waals surface area contributed by atoms with Crippen molar-refractivity contribution in [3.63, 3.8) is 0 Å². The molecule has 1 aliphatic carbocycles. The van der Waals surface area contributed by atoms with Gasteiger partial charge in [-0.15, -0.1) is 0 Å². The maximum Gasteiger partial charge on any atom is 0.411 e. The molecule has 1 rings (SSSR count). The minimum atomic E-state index is -4.24. The third-order valence-electron chi connectivity index (χ3n) is 2.24. The fourth-order valence-corrected chi connectivity index (χ4v) is 1.27. The molecule has 2 N–H and O–H groups in total. The molecule has 0 aliphatic heterocycles. The Hall–Kier alpha value is -0.290. The summed E-state index contributed by atoms with van der Waals surface area (Å²) in [6, 6.07) is -0.252. The van der Waals surface area contributed by atoms with Gasteiger partial charge in [-0.1, -0.05) is 12.8 Å². The molecule has 0 spiro atoms. The summed E-state index contributed by atoms with van der Waals surface area (Å²) in [4.78, 5) is 0. The Morgan fingerprint density at radius 1 is 1.36 bits per heavy atom. The first kappa shape index (κ1) is 11.8. The number of nitrogens with two attached hydrogens (primary N) is 1. The Kier molecular flexibility index (Phi) is 4.19. The van der Waals surface area contributed by atoms with Crippen LogP contribution in [-0.4, -0.2) is 25.4 Å². The van der Waals surface area contributed by atoms with E-state index in [4.69, 9.17) is 5.73 Å². The average molecular weight is 211 g/mol. The molecule has 0 heterocycles. The van der Waals surface area contributed by atoms with Gasteiger partial charge in [-0.3, -0.25) is 0 Å². The van der Waals surface area contributed by atoms with Gasteiger partial charge in [0.1, 0.15) is 6.61 Å². The smallest absolute Gasteiger partial charge is 0.370 e. The van der Waals surface area contributed by atoms with Crippen molar-refractivity contribution in [1.29, 1.82) is 0 Å². The predicted octanol–water partition coefficient (Wildman–Crippen LogP) is 2.08. The molecule has 0 saturated heterocycles. The van der Waals surface area contributed by atoms with Gasteiger partial charge in [0.2, 0.25) is 0 Å². The van der Waals surface area contributed by atoms with Gasteiger partial charge in [0, 0.05) is 6.04 Å². The van der Waals surface area contributed by atoms with Crippen molar-refractivity contribution in [2.24, 2.45) is 11.7 Å². The number of rotatable bonds is 6. The molecule has 0 radical (unpaired) electrons. The first-order valence-electron chi connectivity index (χ1n) is 4.87. The van der Waals surface area contributed by atoms with Crippen LogP contribution in [0, 0.1) is 5.92 Å². The Bertz CT molecular complexity index is 168. The summed E-state index contributed by atoms with van der Waals surface area (Å²) in [7, 11) is 0. The summed E-state index contributed by atoms with van der Waals surface area (Å²) in [5.41, 5.74) is 5.59. The molecule has 1 unspecified atom stereocenters. The van der Waals surface area contributed by atoms with Crippen molar-refractivity contribution in [3.8, 4) is 0 Å². The first-order chi connectivity index (χ1) is 6.47. The van der Waals surface area contributed by atoms with Crippen molar-refractivity contribution in [3.05, 3.63) is 0 Å². The lowest BCUT2D eigenvalue weighted by Crippen LogP contribution is -2.29. The molecule has 0 amide bonds. The third kappa shape index (κ3) is 6.21. The van der Waals surface area contributed by atoms with Crippen molar-refractivity contribution < 1.29 is 17.9 Å². The predicted molar refractivity (Wildman–Crippen MR) is 46.8 cm³/mol. The van der Waals surface area contributed by atoms with Crippen molar-refractivity contribution in [2.45, 2.75) is 37.9 Å². The van der Waals surface area contributed by atoms with Crippen LogP contribution in [0.15, 0.2) is 0 Å². The highest BCUT2D eigenvalue weighted by molar-refractivity contribution is 4.75. The fraction of sp³-hybridized carbons (Fsp3) is 1.00. The topological polar surface area (TPSA) is 35.2 Å². The Morgan fingerprint density at radius 3 is 2.50 bits per heavy atom. The largest absolute Gasteiger partial charge is 0.411 e. The number of alkyl halides is 3. The van der Waals surface area contributed by atoms with Crippen LogP contribution in [-0.2, 0) is 4.74 Å². The maximum atomic E-state index is 11.7. The van der Waals surface area contributed by atoms with E-state index < -0.39 is 12.8 Å². The summed E-state index contributed by atoms with van der Waals surface area (Å²) in [6.07, 6.45) is 0.0432. The Labute approximate surface area is 81.6 Å². The average Bonchev–Trinajstić information content (AvgIpc) is 2.81. The molecule has 0 aromatic carbocycles. The number of ether oxygens (including phenoxy) is 1. The van der Waals surface area contributed by atoms with E-state index >= 15 is 0 Å². The second-order valence-corrected chi connectivity index (χ2v) is 3.91. The van der Waals surface area contributed by atoms with E-state index in [0.29, 0.717) is 0 Å². The standard InChI is InChI=1S/C9H16F3NO/c10-9(11,12)6-14-5-8(13)4-3-7-1-2-7/h7-8H,1-6,13H2. The maximum absolute atomic E-state index is 11.7. The lowest BCUT2D eigenvalue weighted by molar-refractivity contribution is -0.174. The molecule has 2 nitrogen and oxygen atoms in total. The van der Waals surface area contributed by atoms with Crippen molar-refractivity contribution in [1.82, 2.24) is 0 Å². The summed E-state index contributed by atoms with van der Waals surface area (Å²) in [6.45, 7) is -1.18. The lowest BCUT2D eigenvalue weighted by Gasteiger charge is -2.12. The first-order valence-corrected chi connectivity index (χ1v) is 4.87. The van der Waals surface area contributed by atoms with Gasteiger partial charge in [0.05, 0.1) is 6.61 Å². The molecule has 0 bridgehead atoms. The van der Waals surface area contributed by atoms with Crippen molar-refractivity contribution in [2.75, 3.05) is 13.2 Å². The molecule has 1 saturated carbocycles. The van der Waals surface area contributed by atoms with E-state index in [9.17, 15) is 13.2 Å². The molecule has 0 aromatic heterocycles. The molecule has 1 fully saturated rings. The van der Waals surface area contributed by atoms with Crippen LogP contribution in [0.4, 0.5) is 13.2 Å². The zero-order chi connectivity index (χ0) is 10.6. The quantitative estimate of drug-likeness (QED) is 0.730. The van der Waals surface area contributed by atoms with Gasteiger partial charge in [0.25, 0.3) is 0 Å². The summed E-state index contributed by atoms with van der Waals surface area (Å²) < 4.78 is 39.5. The molecule has 84 valence electrons. The van der Waals surface area contributed by atoms with Crippen LogP contribution < -0.4 is 5.73 Å². The van der Waals surface area contributed by atoms with Crippen molar-refractivity contribution >= 4 is 0 Å². The highest BCUT2D eigenvalue weighted by atomic mass is 19.4. The molecular weight excluding hydrogens is 195 g/mol. The van der Waals surface area contributed by atoms with Gasteiger partial charge in [0.15, 0.2) is 0 Å². The molecule has 1 aliphatic rings. The Balaban J connectivity index is 1.93. The minimum Gasteiger partial charge on any atom is -0.370 e. The van der Waals surface area contributed by atoms with Crippen LogP contribution >= 0.6 is 0 Å². The zero-order valence-corrected chi connectivity index (χ0v) is 8.02. The van der Waals surface area contributed by atoms with E-state index in [1.54, 1.807) is 0 Å². The van der Waals surface area contributed by atoms with Gasteiger partial charge < -0.3 is 10.5 Å². The second kappa shape index (κ2) is 4.98. The summed E-state index contributed by atoms with van der Waals surface area (Å²) >= 11 is 0. The lowest BCUT2D eigenvalue weighted by atomic mass is 10.1. The van der Waals surface area contributed by atoms with E-state index in [0.717, 1.165) is 18.8 Å². The normalized spacial score (nSPS) is 19.7. The highest BCUT2D eigenvalue weighted by Crippen LogP contribution is 2.33. The van der Waals surface area contributed by atoms with E-state index in [-0.39, 0.29) is 12.6 Å². The number of halogens is 3. The van der Waals surface area contributed by atoms with E-state index in [1.165, 1.54) is 12.8 Å². The SMILES string of the molecule is NC(CCC1CC1)COCC(F)(F)F. The van der Waals surface area contributed by atoms with Crippen LogP contribution in [0.25, 0.3) is 0 Å². The third-order valence-corrected chi connectivity index (χ3v) is 2.24. The van der Waals surface area contributed by atoms with E-state index in [2.05, 4.69) is 4.74 Å². The van der Waals surface area contributed by atoms with Crippen LogP contribution in [0.1, 0.15) is 25.7 Å². The Morgan fingerprint density at radius 2 is 2.00 bits per heavy atom. The molecular formula is C9H16F3NO. The fourth-order valence-electron chi connectivity index (χ4n) is 1.27. The van der Waals surface area contributed by atoms with Crippen LogP contribution in [0.3, 0.4) is 0 Å². The van der Waals surface area contributed by atoms with E-state index in [1.807, 2.05) is 0 Å². The number of hydrogen-bond acceptors (Lipinski definition) is 2. The summed E-state index contributed by atoms with van der Waals surface area (Å²) in [5.74, 6) is 0.767. The molecule has 1 atom stereocenters. The molecule has 14 heavy (non-hydrogen) atoms. The highest BCUT2D eigenvalue weighted by Gasteiger charge is 2.28. The number of hydrogen-bond donors (Lipinski definition) is 1. The van der Waals surface area contributed by atoms with Gasteiger partial charge in [-0.2, -0.15) is 13.2 Å². The minimum absolute atomic E-state index is 0.00618. The van der Waals surface area contributed by atoms with Gasteiger partial charge in [-0.25, -0.2) is 0 Å². The van der Waals surface area contributed by atoms with Gasteiger partial charge >= 0.3 is 6.18 Å². The summed E-state index contributed by atoms with van der Waals surface area (Å²) in [5, 5.41) is 0. The monoisotopic (exact) mass is 211 g/mol. The van der Waals surface area contributed by atoms with Crippen LogP contribution in [0.5, 0.6) is 0 Å². The molecule has 0 aromatic rings. The van der Waals surface area contributed by atoms with Gasteiger partial charge in [-0.05, 0) is 18.8 Å². The molecule has 5 heteroatoms. The zero-order valence-electron chi connectivity index (χ0n) is 8.02.